The number of aliphatic hydroxyl groups is 2. The Labute approximate surface area is 277 Å². The summed E-state index contributed by atoms with van der Waals surface area (Å²) in [4.78, 5) is 0. The fourth-order valence-corrected chi connectivity index (χ4v) is 11.3. The predicted molar refractivity (Wildman–Crippen MR) is 181 cm³/mol. The first kappa shape index (κ1) is 31.7. The molecule has 0 aromatic heterocycles. The van der Waals surface area contributed by atoms with Crippen LogP contribution in [0.1, 0.15) is 72.8 Å². The SMILES string of the molecule is COc1cc(C2Oc3cc(OCCO)c4c5c3C(C3CCC(CC(C5)c5cc(O)ccc5-4)C(C)CCSS3)C2O)cc(OC)c1O. The highest BCUT2D eigenvalue weighted by Crippen LogP contribution is 2.59. The number of fused-ring (bicyclic) bond motifs is 8. The molecule has 7 rings (SSSR count). The van der Waals surface area contributed by atoms with Gasteiger partial charge in [0.2, 0.25) is 5.75 Å². The first-order chi connectivity index (χ1) is 22.3. The molecule has 0 radical (unpaired) electrons. The molecular formula is C36H42O8S2. The lowest BCUT2D eigenvalue weighted by Gasteiger charge is -2.45. The highest BCUT2D eigenvalue weighted by molar-refractivity contribution is 8.76. The first-order valence-corrected chi connectivity index (χ1v) is 18.6. The molecule has 1 saturated heterocycles. The summed E-state index contributed by atoms with van der Waals surface area (Å²) in [6.45, 7) is 2.38. The average Bonchev–Trinajstić information content (AvgIpc) is 3.14. The summed E-state index contributed by atoms with van der Waals surface area (Å²) in [7, 11) is 6.77. The second-order valence-corrected chi connectivity index (χ2v) is 15.7. The molecule has 1 fully saturated rings. The van der Waals surface area contributed by atoms with Gasteiger partial charge in [-0.25, -0.2) is 0 Å². The lowest BCUT2D eigenvalue weighted by Crippen LogP contribution is -2.40. The van der Waals surface area contributed by atoms with Gasteiger partial charge in [0.15, 0.2) is 17.6 Å². The van der Waals surface area contributed by atoms with Gasteiger partial charge >= 0.3 is 0 Å². The molecule has 0 saturated carbocycles. The molecule has 246 valence electrons. The molecular weight excluding hydrogens is 625 g/mol. The zero-order valence-corrected chi connectivity index (χ0v) is 28.0. The van der Waals surface area contributed by atoms with Crippen molar-refractivity contribution in [2.24, 2.45) is 11.8 Å². The fourth-order valence-electron chi connectivity index (χ4n) is 8.21. The summed E-state index contributed by atoms with van der Waals surface area (Å²) in [6, 6.07) is 11.0. The van der Waals surface area contributed by atoms with Crippen molar-refractivity contribution < 1.29 is 39.4 Å². The van der Waals surface area contributed by atoms with E-state index in [2.05, 4.69) is 6.92 Å². The Kier molecular flexibility index (Phi) is 8.91. The molecule has 2 heterocycles. The Morgan fingerprint density at radius 3 is 2.50 bits per heavy atom. The minimum Gasteiger partial charge on any atom is -0.508 e. The van der Waals surface area contributed by atoms with Crippen LogP contribution in [-0.4, -0.2) is 65.0 Å². The van der Waals surface area contributed by atoms with Gasteiger partial charge in [-0.05, 0) is 90.8 Å². The van der Waals surface area contributed by atoms with E-state index >= 15 is 0 Å². The molecule has 4 aliphatic rings. The van der Waals surface area contributed by atoms with E-state index in [-0.39, 0.29) is 53.3 Å². The molecule has 46 heavy (non-hydrogen) atoms. The molecule has 7 atom stereocenters. The Morgan fingerprint density at radius 2 is 1.76 bits per heavy atom. The van der Waals surface area contributed by atoms with Crippen LogP contribution in [0, 0.1) is 11.8 Å². The van der Waals surface area contributed by atoms with Gasteiger partial charge in [0, 0.05) is 39.7 Å². The van der Waals surface area contributed by atoms with Crippen LogP contribution >= 0.6 is 21.6 Å². The summed E-state index contributed by atoms with van der Waals surface area (Å²) in [5.74, 6) is 3.98. The van der Waals surface area contributed by atoms with Crippen LogP contribution in [0.5, 0.6) is 34.5 Å². The van der Waals surface area contributed by atoms with Crippen molar-refractivity contribution in [1.82, 2.24) is 0 Å². The number of phenolic OH excluding ortho intramolecular Hbond substituents is 2. The van der Waals surface area contributed by atoms with Crippen molar-refractivity contribution in [2.75, 3.05) is 33.2 Å². The van der Waals surface area contributed by atoms with E-state index in [0.29, 0.717) is 28.9 Å². The largest absolute Gasteiger partial charge is 0.508 e. The maximum Gasteiger partial charge on any atom is 0.200 e. The van der Waals surface area contributed by atoms with E-state index in [4.69, 9.17) is 18.9 Å². The third kappa shape index (κ3) is 5.45. The smallest absolute Gasteiger partial charge is 0.200 e. The topological polar surface area (TPSA) is 118 Å². The number of phenols is 2. The number of rotatable bonds is 6. The van der Waals surface area contributed by atoms with Crippen molar-refractivity contribution in [3.05, 3.63) is 58.7 Å². The predicted octanol–water partition coefficient (Wildman–Crippen LogP) is 6.96. The van der Waals surface area contributed by atoms with Crippen LogP contribution in [0.15, 0.2) is 36.4 Å². The maximum atomic E-state index is 12.5. The van der Waals surface area contributed by atoms with E-state index < -0.39 is 12.2 Å². The Hall–Kier alpha value is -2.92. The lowest BCUT2D eigenvalue weighted by molar-refractivity contribution is -0.00265. The van der Waals surface area contributed by atoms with Crippen LogP contribution < -0.4 is 18.9 Å². The van der Waals surface area contributed by atoms with Gasteiger partial charge in [-0.1, -0.05) is 34.6 Å². The molecule has 2 aliphatic heterocycles. The van der Waals surface area contributed by atoms with Crippen LogP contribution in [-0.2, 0) is 6.42 Å². The number of benzene rings is 3. The monoisotopic (exact) mass is 666 g/mol. The number of methoxy groups -OCH3 is 2. The molecule has 8 nitrogen and oxygen atoms in total. The molecule has 3 aromatic carbocycles. The molecule has 0 spiro atoms. The highest BCUT2D eigenvalue weighted by atomic mass is 33.1. The van der Waals surface area contributed by atoms with Crippen LogP contribution in [0.2, 0.25) is 0 Å². The van der Waals surface area contributed by atoms with Crippen LogP contribution in [0.4, 0.5) is 0 Å². The average molecular weight is 667 g/mol. The Balaban J connectivity index is 1.48. The Bertz CT molecular complexity index is 1590. The van der Waals surface area contributed by atoms with Crippen molar-refractivity contribution in [2.45, 2.75) is 68.3 Å². The summed E-state index contributed by atoms with van der Waals surface area (Å²) in [5, 5.41) is 43.7. The number of hydrogen-bond donors (Lipinski definition) is 4. The quantitative estimate of drug-likeness (QED) is 0.206. The third-order valence-corrected chi connectivity index (χ3v) is 13.5. The molecule has 2 aliphatic carbocycles. The molecule has 4 bridgehead atoms. The zero-order valence-electron chi connectivity index (χ0n) is 26.4. The van der Waals surface area contributed by atoms with E-state index in [1.165, 1.54) is 14.2 Å². The molecule has 0 amide bonds. The van der Waals surface area contributed by atoms with Gasteiger partial charge in [-0.3, -0.25) is 0 Å². The van der Waals surface area contributed by atoms with E-state index in [1.807, 2.05) is 39.8 Å². The zero-order chi connectivity index (χ0) is 32.1. The van der Waals surface area contributed by atoms with Crippen molar-refractivity contribution in [3.8, 4) is 45.6 Å². The molecule has 7 unspecified atom stereocenters. The number of ether oxygens (including phenoxy) is 4. The second kappa shape index (κ2) is 12.9. The molecule has 4 N–H and O–H groups in total. The van der Waals surface area contributed by atoms with E-state index in [0.717, 1.165) is 65.7 Å². The van der Waals surface area contributed by atoms with Crippen LogP contribution in [0.25, 0.3) is 11.1 Å². The van der Waals surface area contributed by atoms with E-state index in [1.54, 1.807) is 18.2 Å². The van der Waals surface area contributed by atoms with Crippen molar-refractivity contribution in [1.29, 1.82) is 0 Å². The minimum absolute atomic E-state index is 0.106. The van der Waals surface area contributed by atoms with E-state index in [9.17, 15) is 20.4 Å². The van der Waals surface area contributed by atoms with Gasteiger partial charge in [-0.15, -0.1) is 0 Å². The number of aromatic hydroxyl groups is 2. The van der Waals surface area contributed by atoms with Gasteiger partial charge in [0.05, 0.1) is 20.8 Å². The summed E-state index contributed by atoms with van der Waals surface area (Å²) < 4.78 is 24.0. The van der Waals surface area contributed by atoms with Gasteiger partial charge in [0.1, 0.15) is 30.0 Å². The first-order valence-electron chi connectivity index (χ1n) is 16.2. The summed E-state index contributed by atoms with van der Waals surface area (Å²) in [6.07, 6.45) is 3.28. The van der Waals surface area contributed by atoms with Gasteiger partial charge < -0.3 is 39.4 Å². The van der Waals surface area contributed by atoms with Crippen molar-refractivity contribution >= 4 is 21.6 Å². The third-order valence-electron chi connectivity index (χ3n) is 10.5. The maximum absolute atomic E-state index is 12.5. The Morgan fingerprint density at radius 1 is 0.978 bits per heavy atom. The second-order valence-electron chi connectivity index (χ2n) is 13.0. The standard InChI is InChI=1S/C36H42O8S2/c1-18-8-11-45-46-30-7-4-19(18)12-20-13-25-31(23-6-5-22(38)16-24(20)23)26(43-10-9-37)17-27-32(25)33(30)35(40)36(44-27)21-14-28(41-2)34(39)29(15-21)42-3/h5-6,14-20,30,33,35-40H,4,7-13H2,1-3H3. The summed E-state index contributed by atoms with van der Waals surface area (Å²) in [5.41, 5.74) is 5.92. The summed E-state index contributed by atoms with van der Waals surface area (Å²) >= 11 is 0. The van der Waals surface area contributed by atoms with Gasteiger partial charge in [0.25, 0.3) is 0 Å². The molecule has 10 heteroatoms. The normalized spacial score (nSPS) is 28.2. The highest BCUT2D eigenvalue weighted by Gasteiger charge is 2.47. The lowest BCUT2D eigenvalue weighted by atomic mass is 9.67. The van der Waals surface area contributed by atoms with Gasteiger partial charge in [-0.2, -0.15) is 0 Å². The van der Waals surface area contributed by atoms with Crippen molar-refractivity contribution in [3.63, 3.8) is 0 Å². The minimum atomic E-state index is -0.895. The molecule has 3 aromatic rings. The number of hydrogen-bond acceptors (Lipinski definition) is 10. The fraction of sp³-hybridized carbons (Fsp3) is 0.500. The van der Waals surface area contributed by atoms with Crippen LogP contribution in [0.3, 0.4) is 0 Å². The number of aliphatic hydroxyl groups excluding tert-OH is 2.